The molecule has 0 atom stereocenters. The van der Waals surface area contributed by atoms with Crippen LogP contribution >= 0.6 is 11.6 Å². The number of nitrogens with two attached hydrogens (primary N) is 1. The summed E-state index contributed by atoms with van der Waals surface area (Å²) in [5, 5.41) is 5.31. The minimum Gasteiger partial charge on any atom is -0.397 e. The van der Waals surface area contributed by atoms with Gasteiger partial charge in [-0.05, 0) is 18.2 Å². The van der Waals surface area contributed by atoms with Crippen LogP contribution in [0.25, 0.3) is 0 Å². The summed E-state index contributed by atoms with van der Waals surface area (Å²) < 4.78 is 0. The summed E-state index contributed by atoms with van der Waals surface area (Å²) in [6, 6.07) is 4.81. The van der Waals surface area contributed by atoms with E-state index in [0.717, 1.165) is 0 Å². The van der Waals surface area contributed by atoms with Gasteiger partial charge in [0.2, 0.25) is 17.7 Å². The van der Waals surface area contributed by atoms with E-state index in [1.165, 1.54) is 0 Å². The van der Waals surface area contributed by atoms with Crippen molar-refractivity contribution < 1.29 is 14.4 Å². The van der Waals surface area contributed by atoms with Crippen molar-refractivity contribution >= 4 is 40.7 Å². The highest BCUT2D eigenvalue weighted by atomic mass is 35.5. The summed E-state index contributed by atoms with van der Waals surface area (Å²) in [5.41, 5.74) is 6.58. The maximum atomic E-state index is 11.8. The lowest BCUT2D eigenvalue weighted by atomic mass is 10.2. The zero-order valence-corrected chi connectivity index (χ0v) is 11.9. The Morgan fingerprint density at radius 3 is 2.62 bits per heavy atom. The molecule has 0 bridgehead atoms. The predicted molar refractivity (Wildman–Crippen MR) is 78.7 cm³/mol. The SMILES string of the molecule is Nc1cc(NC(=O)CCN2CC(=O)NC(=O)C2)ccc1Cl. The maximum absolute atomic E-state index is 11.8. The fourth-order valence-corrected chi connectivity index (χ4v) is 2.08. The van der Waals surface area contributed by atoms with Crippen molar-refractivity contribution in [3.63, 3.8) is 0 Å². The number of carbonyl (C=O) groups is 3. The minimum absolute atomic E-state index is 0.118. The standard InChI is InChI=1S/C13H15ClN4O3/c14-9-2-1-8(5-10(9)15)16-11(19)3-4-18-6-12(20)17-13(21)7-18/h1-2,5H,3-4,6-7,15H2,(H,16,19)(H,17,20,21). The molecule has 0 saturated carbocycles. The molecule has 1 aromatic rings. The van der Waals surface area contributed by atoms with Crippen LogP contribution in [0.1, 0.15) is 6.42 Å². The molecule has 1 aliphatic heterocycles. The molecule has 21 heavy (non-hydrogen) atoms. The van der Waals surface area contributed by atoms with E-state index >= 15 is 0 Å². The third-order valence-corrected chi connectivity index (χ3v) is 3.29. The van der Waals surface area contributed by atoms with Crippen molar-refractivity contribution in [3.05, 3.63) is 23.2 Å². The minimum atomic E-state index is -0.350. The molecule has 0 aliphatic carbocycles. The van der Waals surface area contributed by atoms with Gasteiger partial charge < -0.3 is 11.1 Å². The molecule has 0 radical (unpaired) electrons. The number of benzene rings is 1. The Morgan fingerprint density at radius 2 is 2.00 bits per heavy atom. The van der Waals surface area contributed by atoms with Crippen molar-refractivity contribution in [2.24, 2.45) is 0 Å². The zero-order valence-electron chi connectivity index (χ0n) is 11.2. The van der Waals surface area contributed by atoms with Gasteiger partial charge in [-0.3, -0.25) is 24.6 Å². The number of hydrogen-bond acceptors (Lipinski definition) is 5. The molecule has 0 spiro atoms. The normalized spacial score (nSPS) is 15.7. The van der Waals surface area contributed by atoms with Gasteiger partial charge in [-0.15, -0.1) is 0 Å². The molecule has 7 nitrogen and oxygen atoms in total. The third kappa shape index (κ3) is 4.44. The number of nitrogens with zero attached hydrogens (tertiary/aromatic N) is 1. The van der Waals surface area contributed by atoms with E-state index in [1.54, 1.807) is 23.1 Å². The van der Waals surface area contributed by atoms with E-state index in [-0.39, 0.29) is 37.2 Å². The second-order valence-electron chi connectivity index (χ2n) is 4.72. The predicted octanol–water partition coefficient (Wildman–Crippen LogP) is 0.209. The highest BCUT2D eigenvalue weighted by Gasteiger charge is 2.22. The summed E-state index contributed by atoms with van der Waals surface area (Å²) in [6.07, 6.45) is 0.170. The first-order valence-corrected chi connectivity index (χ1v) is 6.72. The summed E-state index contributed by atoms with van der Waals surface area (Å²) in [6.45, 7) is 0.563. The quantitative estimate of drug-likeness (QED) is 0.545. The van der Waals surface area contributed by atoms with Crippen LogP contribution in [-0.4, -0.2) is 42.3 Å². The first-order chi connectivity index (χ1) is 9.94. The van der Waals surface area contributed by atoms with Crippen LogP contribution in [0.4, 0.5) is 11.4 Å². The number of carbonyl (C=O) groups excluding carboxylic acids is 3. The van der Waals surface area contributed by atoms with Crippen LogP contribution in [0, 0.1) is 0 Å². The molecular formula is C13H15ClN4O3. The van der Waals surface area contributed by atoms with Crippen LogP contribution in [0.3, 0.4) is 0 Å². The molecule has 2 rings (SSSR count). The molecule has 8 heteroatoms. The summed E-state index contributed by atoms with van der Waals surface area (Å²) in [7, 11) is 0. The van der Waals surface area contributed by atoms with E-state index in [9.17, 15) is 14.4 Å². The first kappa shape index (κ1) is 15.3. The lowest BCUT2D eigenvalue weighted by Gasteiger charge is -2.24. The summed E-state index contributed by atoms with van der Waals surface area (Å²) in [5.74, 6) is -0.926. The van der Waals surface area contributed by atoms with Crippen molar-refractivity contribution in [2.75, 3.05) is 30.7 Å². The average Bonchev–Trinajstić information content (AvgIpc) is 2.40. The Hall–Kier alpha value is -2.12. The number of hydrogen-bond donors (Lipinski definition) is 3. The number of piperazine rings is 1. The van der Waals surface area contributed by atoms with Crippen LogP contribution in [0.15, 0.2) is 18.2 Å². The lowest BCUT2D eigenvalue weighted by Crippen LogP contribution is -2.51. The fraction of sp³-hybridized carbons (Fsp3) is 0.308. The van der Waals surface area contributed by atoms with Crippen LogP contribution in [0.2, 0.25) is 5.02 Å². The van der Waals surface area contributed by atoms with Gasteiger partial charge in [0.1, 0.15) is 0 Å². The third-order valence-electron chi connectivity index (χ3n) is 2.95. The molecule has 112 valence electrons. The number of imide groups is 1. The summed E-state index contributed by atoms with van der Waals surface area (Å²) in [4.78, 5) is 35.8. The number of nitrogens with one attached hydrogen (secondary N) is 2. The lowest BCUT2D eigenvalue weighted by molar-refractivity contribution is -0.136. The molecule has 0 unspecified atom stereocenters. The molecule has 4 N–H and O–H groups in total. The second-order valence-corrected chi connectivity index (χ2v) is 5.12. The van der Waals surface area contributed by atoms with Crippen LogP contribution in [0.5, 0.6) is 0 Å². The highest BCUT2D eigenvalue weighted by molar-refractivity contribution is 6.33. The maximum Gasteiger partial charge on any atom is 0.240 e. The molecule has 1 aromatic carbocycles. The van der Waals surface area contributed by atoms with Gasteiger partial charge in [0.15, 0.2) is 0 Å². The number of nitrogen functional groups attached to an aromatic ring is 1. The molecule has 3 amide bonds. The molecule has 0 aromatic heterocycles. The Bertz CT molecular complexity index is 575. The van der Waals surface area contributed by atoms with Crippen molar-refractivity contribution in [3.8, 4) is 0 Å². The van der Waals surface area contributed by atoms with Gasteiger partial charge in [-0.1, -0.05) is 11.6 Å². The largest absolute Gasteiger partial charge is 0.397 e. The van der Waals surface area contributed by atoms with Gasteiger partial charge in [0, 0.05) is 18.7 Å². The van der Waals surface area contributed by atoms with Gasteiger partial charge in [-0.25, -0.2) is 0 Å². The van der Waals surface area contributed by atoms with E-state index in [4.69, 9.17) is 17.3 Å². The van der Waals surface area contributed by atoms with Crippen LogP contribution < -0.4 is 16.4 Å². The van der Waals surface area contributed by atoms with E-state index in [2.05, 4.69) is 10.6 Å². The van der Waals surface area contributed by atoms with Crippen molar-refractivity contribution in [1.29, 1.82) is 0 Å². The highest BCUT2D eigenvalue weighted by Crippen LogP contribution is 2.22. The fourth-order valence-electron chi connectivity index (χ4n) is 1.96. The number of rotatable bonds is 4. The molecule has 1 saturated heterocycles. The van der Waals surface area contributed by atoms with Crippen LogP contribution in [-0.2, 0) is 14.4 Å². The number of anilines is 2. The van der Waals surface area contributed by atoms with Gasteiger partial charge in [0.25, 0.3) is 0 Å². The molecule has 1 heterocycles. The Kier molecular flexibility index (Phi) is 4.77. The smallest absolute Gasteiger partial charge is 0.240 e. The monoisotopic (exact) mass is 310 g/mol. The average molecular weight is 311 g/mol. The van der Waals surface area contributed by atoms with Gasteiger partial charge in [0.05, 0.1) is 23.8 Å². The molecular weight excluding hydrogens is 296 g/mol. The Morgan fingerprint density at radius 1 is 1.33 bits per heavy atom. The van der Waals surface area contributed by atoms with Gasteiger partial charge in [-0.2, -0.15) is 0 Å². The second kappa shape index (κ2) is 6.55. The van der Waals surface area contributed by atoms with E-state index < -0.39 is 0 Å². The molecule has 1 fully saturated rings. The summed E-state index contributed by atoms with van der Waals surface area (Å²) >= 11 is 5.79. The van der Waals surface area contributed by atoms with E-state index in [1.807, 2.05) is 0 Å². The van der Waals surface area contributed by atoms with Crippen molar-refractivity contribution in [2.45, 2.75) is 6.42 Å². The Labute approximate surface area is 126 Å². The topological polar surface area (TPSA) is 105 Å². The van der Waals surface area contributed by atoms with Gasteiger partial charge >= 0.3 is 0 Å². The first-order valence-electron chi connectivity index (χ1n) is 6.34. The van der Waals surface area contributed by atoms with E-state index in [0.29, 0.717) is 22.9 Å². The molecule has 1 aliphatic rings. The number of amides is 3. The van der Waals surface area contributed by atoms with Crippen molar-refractivity contribution in [1.82, 2.24) is 10.2 Å². The Balaban J connectivity index is 1.83. The number of halogens is 1. The zero-order chi connectivity index (χ0) is 15.4.